The highest BCUT2D eigenvalue weighted by atomic mass is 16.2. The van der Waals surface area contributed by atoms with E-state index >= 15 is 0 Å². The van der Waals surface area contributed by atoms with Gasteiger partial charge in [0.25, 0.3) is 11.4 Å². The van der Waals surface area contributed by atoms with Crippen molar-refractivity contribution >= 4 is 0 Å². The van der Waals surface area contributed by atoms with Gasteiger partial charge in [0.1, 0.15) is 0 Å². The Morgan fingerprint density at radius 3 is 2.53 bits per heavy atom. The van der Waals surface area contributed by atoms with Crippen LogP contribution in [0.2, 0.25) is 0 Å². The lowest BCUT2D eigenvalue weighted by atomic mass is 10.4. The number of aromatic amines is 1. The van der Waals surface area contributed by atoms with Crippen molar-refractivity contribution in [3.63, 3.8) is 0 Å². The summed E-state index contributed by atoms with van der Waals surface area (Å²) in [6.07, 6.45) is 3.54. The fourth-order valence-corrected chi connectivity index (χ4v) is 1.34. The molecule has 0 aliphatic heterocycles. The lowest BCUT2D eigenvalue weighted by Gasteiger charge is -1.99. The molecule has 0 atom stereocenters. The van der Waals surface area contributed by atoms with E-state index in [4.69, 9.17) is 0 Å². The summed E-state index contributed by atoms with van der Waals surface area (Å²) in [6, 6.07) is 6.89. The van der Waals surface area contributed by atoms with Gasteiger partial charge >= 0.3 is 5.69 Å². The summed E-state index contributed by atoms with van der Waals surface area (Å²) in [5, 5.41) is 0. The minimum Gasteiger partial charge on any atom is -0.269 e. The minimum atomic E-state index is -0.422. The van der Waals surface area contributed by atoms with Crippen LogP contribution in [0, 0.1) is 0 Å². The van der Waals surface area contributed by atoms with E-state index in [2.05, 4.69) is 4.98 Å². The predicted octanol–water partition coefficient (Wildman–Crippen LogP) is -0.650. The average Bonchev–Trinajstić information content (AvgIpc) is 2.24. The topological polar surface area (TPSA) is 58.7 Å². The van der Waals surface area contributed by atoms with Crippen LogP contribution in [0.15, 0.2) is 46.2 Å². The van der Waals surface area contributed by atoms with Gasteiger partial charge in [0.15, 0.2) is 0 Å². The van der Waals surface area contributed by atoms with Gasteiger partial charge in [-0.15, -0.1) is 0 Å². The molecule has 0 amide bonds. The Bertz CT molecular complexity index is 584. The second kappa shape index (κ2) is 3.53. The average molecular weight is 204 g/mol. The highest BCUT2D eigenvalue weighted by Crippen LogP contribution is 1.88. The zero-order valence-corrected chi connectivity index (χ0v) is 8.18. The van der Waals surface area contributed by atoms with Crippen molar-refractivity contribution < 1.29 is 4.57 Å². The summed E-state index contributed by atoms with van der Waals surface area (Å²) < 4.78 is 3.08. The SMILES string of the molecule is Cn1c(-[n+]2ccccc2)cc(=O)[nH]c1=O. The van der Waals surface area contributed by atoms with Crippen molar-refractivity contribution in [3.05, 3.63) is 57.5 Å². The lowest BCUT2D eigenvalue weighted by Crippen LogP contribution is -2.40. The molecule has 1 N–H and O–H groups in total. The van der Waals surface area contributed by atoms with Crippen LogP contribution in [0.3, 0.4) is 0 Å². The number of hydrogen-bond acceptors (Lipinski definition) is 2. The maximum absolute atomic E-state index is 11.3. The van der Waals surface area contributed by atoms with Gasteiger partial charge in [0, 0.05) is 0 Å². The van der Waals surface area contributed by atoms with E-state index in [0.29, 0.717) is 5.82 Å². The Morgan fingerprint density at radius 1 is 1.20 bits per heavy atom. The molecule has 0 aliphatic carbocycles. The van der Waals surface area contributed by atoms with Gasteiger partial charge in [-0.1, -0.05) is 6.07 Å². The number of aromatic nitrogens is 3. The Kier molecular flexibility index (Phi) is 2.21. The van der Waals surface area contributed by atoms with Gasteiger partial charge in [0.05, 0.1) is 25.5 Å². The summed E-state index contributed by atoms with van der Waals surface area (Å²) in [7, 11) is 1.60. The molecular formula is C10H10N3O2+. The Labute approximate surface area is 85.3 Å². The molecule has 0 aliphatic rings. The van der Waals surface area contributed by atoms with E-state index in [1.165, 1.54) is 10.6 Å². The molecule has 5 nitrogen and oxygen atoms in total. The summed E-state index contributed by atoms with van der Waals surface area (Å²) >= 11 is 0. The smallest absolute Gasteiger partial charge is 0.269 e. The first-order valence-electron chi connectivity index (χ1n) is 4.45. The molecule has 2 aromatic heterocycles. The van der Waals surface area contributed by atoms with Crippen molar-refractivity contribution in [2.45, 2.75) is 0 Å². The third-order valence-corrected chi connectivity index (χ3v) is 2.12. The Balaban J connectivity index is 2.74. The van der Waals surface area contributed by atoms with E-state index < -0.39 is 11.2 Å². The molecule has 0 spiro atoms. The maximum atomic E-state index is 11.3. The monoisotopic (exact) mass is 204 g/mol. The lowest BCUT2D eigenvalue weighted by molar-refractivity contribution is -0.601. The molecule has 15 heavy (non-hydrogen) atoms. The van der Waals surface area contributed by atoms with Gasteiger partial charge < -0.3 is 0 Å². The molecule has 0 bridgehead atoms. The molecular weight excluding hydrogens is 194 g/mol. The third-order valence-electron chi connectivity index (χ3n) is 2.12. The number of nitrogens with one attached hydrogen (secondary N) is 1. The molecule has 2 rings (SSSR count). The first-order chi connectivity index (χ1) is 7.18. The molecule has 0 fully saturated rings. The molecule has 0 unspecified atom stereocenters. The summed E-state index contributed by atoms with van der Waals surface area (Å²) in [5.41, 5.74) is -0.821. The second-order valence-electron chi connectivity index (χ2n) is 3.14. The van der Waals surface area contributed by atoms with E-state index in [1.54, 1.807) is 24.0 Å². The van der Waals surface area contributed by atoms with Crippen LogP contribution in [0.25, 0.3) is 5.82 Å². The maximum Gasteiger partial charge on any atom is 0.415 e. The van der Waals surface area contributed by atoms with Crippen LogP contribution >= 0.6 is 0 Å². The van der Waals surface area contributed by atoms with Gasteiger partial charge in [-0.25, -0.2) is 9.36 Å². The molecule has 5 heteroatoms. The van der Waals surface area contributed by atoms with Gasteiger partial charge in [0.2, 0.25) is 0 Å². The molecule has 2 aromatic rings. The molecule has 76 valence electrons. The third kappa shape index (κ3) is 1.71. The molecule has 0 saturated heterocycles. The standard InChI is InChI=1S/C10H9N3O2/c1-12-9(7-8(14)11-10(12)15)13-5-3-2-4-6-13/h2-7H,1H3/p+1. The normalized spacial score (nSPS) is 10.2. The van der Waals surface area contributed by atoms with Crippen LogP contribution in [-0.4, -0.2) is 9.55 Å². The summed E-state index contributed by atoms with van der Waals surface area (Å²) in [5.74, 6) is 0.532. The van der Waals surface area contributed by atoms with Crippen molar-refractivity contribution in [3.8, 4) is 5.82 Å². The first kappa shape index (κ1) is 9.39. The van der Waals surface area contributed by atoms with Crippen LogP contribution in [-0.2, 0) is 7.05 Å². The summed E-state index contributed by atoms with van der Waals surface area (Å²) in [6.45, 7) is 0. The van der Waals surface area contributed by atoms with Crippen molar-refractivity contribution in [1.82, 2.24) is 9.55 Å². The fraction of sp³-hybridized carbons (Fsp3) is 0.100. The zero-order valence-electron chi connectivity index (χ0n) is 8.18. The largest absolute Gasteiger partial charge is 0.415 e. The minimum absolute atomic E-state index is 0.399. The van der Waals surface area contributed by atoms with E-state index in [1.807, 2.05) is 18.2 Å². The number of rotatable bonds is 1. The van der Waals surface area contributed by atoms with Crippen LogP contribution < -0.4 is 15.8 Å². The van der Waals surface area contributed by atoms with Crippen molar-refractivity contribution in [2.24, 2.45) is 7.05 Å². The van der Waals surface area contributed by atoms with Gasteiger partial charge in [-0.3, -0.25) is 9.78 Å². The number of H-pyrrole nitrogens is 1. The molecule has 0 aromatic carbocycles. The van der Waals surface area contributed by atoms with E-state index in [9.17, 15) is 9.59 Å². The van der Waals surface area contributed by atoms with Crippen LogP contribution in [0.4, 0.5) is 0 Å². The van der Waals surface area contributed by atoms with Crippen molar-refractivity contribution in [2.75, 3.05) is 0 Å². The number of nitrogens with zero attached hydrogens (tertiary/aromatic N) is 2. The quantitative estimate of drug-likeness (QED) is 0.627. The van der Waals surface area contributed by atoms with Gasteiger partial charge in [-0.2, -0.15) is 4.57 Å². The second-order valence-corrected chi connectivity index (χ2v) is 3.14. The Morgan fingerprint density at radius 2 is 1.87 bits per heavy atom. The number of pyridine rings is 1. The number of hydrogen-bond donors (Lipinski definition) is 1. The van der Waals surface area contributed by atoms with Crippen molar-refractivity contribution in [1.29, 1.82) is 0 Å². The van der Waals surface area contributed by atoms with E-state index in [-0.39, 0.29) is 0 Å². The first-order valence-corrected chi connectivity index (χ1v) is 4.45. The zero-order chi connectivity index (χ0) is 10.8. The van der Waals surface area contributed by atoms with Gasteiger partial charge in [-0.05, 0) is 12.1 Å². The highest BCUT2D eigenvalue weighted by molar-refractivity contribution is 5.08. The molecule has 2 heterocycles. The molecule has 0 radical (unpaired) electrons. The van der Waals surface area contributed by atoms with Crippen LogP contribution in [0.5, 0.6) is 0 Å². The summed E-state index contributed by atoms with van der Waals surface area (Å²) in [4.78, 5) is 24.7. The Hall–Kier alpha value is -2.17. The van der Waals surface area contributed by atoms with Crippen LogP contribution in [0.1, 0.15) is 0 Å². The molecule has 0 saturated carbocycles. The predicted molar refractivity (Wildman–Crippen MR) is 53.8 cm³/mol. The highest BCUT2D eigenvalue weighted by Gasteiger charge is 2.11. The van der Waals surface area contributed by atoms with E-state index in [0.717, 1.165) is 0 Å². The fourth-order valence-electron chi connectivity index (χ4n) is 1.34.